The Balaban J connectivity index is 2.20. The Hall–Kier alpha value is -3.32. The predicted molar refractivity (Wildman–Crippen MR) is 133 cm³/mol. The van der Waals surface area contributed by atoms with Crippen LogP contribution in [-0.2, 0) is 0 Å². The third-order valence-electron chi connectivity index (χ3n) is 6.12. The molecule has 0 saturated heterocycles. The highest BCUT2D eigenvalue weighted by Crippen LogP contribution is 2.48. The van der Waals surface area contributed by atoms with Crippen molar-refractivity contribution in [3.05, 3.63) is 100 Å². The van der Waals surface area contributed by atoms with Crippen LogP contribution in [0.1, 0.15) is 33.4 Å². The molecule has 0 radical (unpaired) electrons. The molecular formula is C30H30O. The van der Waals surface area contributed by atoms with E-state index in [0.29, 0.717) is 5.75 Å². The van der Waals surface area contributed by atoms with Crippen molar-refractivity contribution in [3.63, 3.8) is 0 Å². The molecule has 1 heteroatoms. The third-order valence-corrected chi connectivity index (χ3v) is 6.12. The molecule has 4 aromatic carbocycles. The fraction of sp³-hybridized carbons (Fsp3) is 0.200. The molecule has 0 aliphatic heterocycles. The Labute approximate surface area is 186 Å². The molecule has 0 heterocycles. The minimum absolute atomic E-state index is 0.312. The van der Waals surface area contributed by atoms with Crippen LogP contribution in [0.5, 0.6) is 5.75 Å². The summed E-state index contributed by atoms with van der Waals surface area (Å²) in [6, 6.07) is 23.1. The highest BCUT2D eigenvalue weighted by atomic mass is 16.3. The molecule has 156 valence electrons. The first kappa shape index (κ1) is 20.9. The minimum atomic E-state index is 0.312. The van der Waals surface area contributed by atoms with Crippen LogP contribution in [-0.4, -0.2) is 5.11 Å². The van der Waals surface area contributed by atoms with Gasteiger partial charge in [0.25, 0.3) is 0 Å². The van der Waals surface area contributed by atoms with Crippen molar-refractivity contribution < 1.29 is 5.11 Å². The average molecular weight is 407 g/mol. The molecule has 1 nitrogen and oxygen atoms in total. The summed E-state index contributed by atoms with van der Waals surface area (Å²) < 4.78 is 0. The van der Waals surface area contributed by atoms with E-state index in [4.69, 9.17) is 0 Å². The maximum Gasteiger partial charge on any atom is 0.124 e. The van der Waals surface area contributed by atoms with Crippen molar-refractivity contribution in [2.45, 2.75) is 41.5 Å². The molecule has 0 aliphatic rings. The van der Waals surface area contributed by atoms with Crippen LogP contribution in [0.25, 0.3) is 33.4 Å². The molecule has 0 aromatic heterocycles. The van der Waals surface area contributed by atoms with Gasteiger partial charge >= 0.3 is 0 Å². The van der Waals surface area contributed by atoms with Gasteiger partial charge < -0.3 is 5.11 Å². The normalized spacial score (nSPS) is 11.0. The van der Waals surface area contributed by atoms with Crippen LogP contribution in [0.3, 0.4) is 0 Å². The second-order valence-corrected chi connectivity index (χ2v) is 8.80. The Bertz CT molecular complexity index is 1230. The molecule has 0 aliphatic carbocycles. The second-order valence-electron chi connectivity index (χ2n) is 8.80. The van der Waals surface area contributed by atoms with Gasteiger partial charge in [0.1, 0.15) is 5.75 Å². The van der Waals surface area contributed by atoms with Gasteiger partial charge in [-0.1, -0.05) is 71.8 Å². The second kappa shape index (κ2) is 8.07. The summed E-state index contributed by atoms with van der Waals surface area (Å²) >= 11 is 0. The largest absolute Gasteiger partial charge is 0.507 e. The van der Waals surface area contributed by atoms with Crippen LogP contribution < -0.4 is 0 Å². The number of phenols is 1. The van der Waals surface area contributed by atoms with Crippen LogP contribution in [0.15, 0.2) is 66.7 Å². The molecule has 0 unspecified atom stereocenters. The van der Waals surface area contributed by atoms with Crippen LogP contribution in [0, 0.1) is 41.5 Å². The number of aryl methyl sites for hydroxylation is 6. The number of hydrogen-bond donors (Lipinski definition) is 1. The van der Waals surface area contributed by atoms with E-state index in [1.807, 2.05) is 24.3 Å². The van der Waals surface area contributed by atoms with Gasteiger partial charge in [-0.05, 0) is 92.1 Å². The van der Waals surface area contributed by atoms with E-state index in [1.165, 1.54) is 50.1 Å². The van der Waals surface area contributed by atoms with Crippen molar-refractivity contribution >= 4 is 0 Å². The van der Waals surface area contributed by atoms with Gasteiger partial charge in [-0.15, -0.1) is 0 Å². The maximum absolute atomic E-state index is 11.1. The van der Waals surface area contributed by atoms with Crippen LogP contribution >= 0.6 is 0 Å². The zero-order valence-corrected chi connectivity index (χ0v) is 19.3. The van der Waals surface area contributed by atoms with E-state index in [0.717, 1.165) is 16.7 Å². The number of rotatable bonds is 3. The standard InChI is InChI=1S/C30H30O/c1-18-14-20(3)27(21(4)15-18)25-12-13-26(31)29(24-10-8-7-9-11-24)30(25)28-22(5)16-19(2)17-23(28)6/h7-17,31H,1-6H3. The van der Waals surface area contributed by atoms with Gasteiger partial charge in [0.05, 0.1) is 0 Å². The Morgan fingerprint density at radius 3 is 1.48 bits per heavy atom. The zero-order chi connectivity index (χ0) is 22.3. The Morgan fingerprint density at radius 1 is 0.484 bits per heavy atom. The quantitative estimate of drug-likeness (QED) is 0.363. The zero-order valence-electron chi connectivity index (χ0n) is 19.3. The highest BCUT2D eigenvalue weighted by molar-refractivity contribution is 6.00. The van der Waals surface area contributed by atoms with E-state index in [2.05, 4.69) is 84.0 Å². The predicted octanol–water partition coefficient (Wildman–Crippen LogP) is 8.24. The van der Waals surface area contributed by atoms with Crippen LogP contribution in [0.2, 0.25) is 0 Å². The summed E-state index contributed by atoms with van der Waals surface area (Å²) in [6.07, 6.45) is 0. The van der Waals surface area contributed by atoms with Gasteiger partial charge in [-0.25, -0.2) is 0 Å². The molecule has 0 spiro atoms. The SMILES string of the molecule is Cc1cc(C)c(-c2ccc(O)c(-c3ccccc3)c2-c2c(C)cc(C)cc2C)c(C)c1. The highest BCUT2D eigenvalue weighted by Gasteiger charge is 2.22. The lowest BCUT2D eigenvalue weighted by Crippen LogP contribution is -1.99. The van der Waals surface area contributed by atoms with Crippen molar-refractivity contribution in [3.8, 4) is 39.1 Å². The summed E-state index contributed by atoms with van der Waals surface area (Å²) in [7, 11) is 0. The van der Waals surface area contributed by atoms with E-state index in [9.17, 15) is 5.11 Å². The van der Waals surface area contributed by atoms with Crippen LogP contribution in [0.4, 0.5) is 0 Å². The fourth-order valence-corrected chi connectivity index (χ4v) is 5.14. The third kappa shape index (κ3) is 3.77. The smallest absolute Gasteiger partial charge is 0.124 e. The lowest BCUT2D eigenvalue weighted by molar-refractivity contribution is 0.477. The van der Waals surface area contributed by atoms with Crippen molar-refractivity contribution in [1.82, 2.24) is 0 Å². The van der Waals surface area contributed by atoms with E-state index in [1.54, 1.807) is 0 Å². The maximum atomic E-state index is 11.1. The first-order valence-electron chi connectivity index (χ1n) is 10.9. The molecule has 4 aromatic rings. The van der Waals surface area contributed by atoms with Gasteiger partial charge in [0.15, 0.2) is 0 Å². The first-order valence-corrected chi connectivity index (χ1v) is 10.9. The van der Waals surface area contributed by atoms with Gasteiger partial charge in [-0.2, -0.15) is 0 Å². The first-order chi connectivity index (χ1) is 14.8. The van der Waals surface area contributed by atoms with Gasteiger partial charge in [-0.3, -0.25) is 0 Å². The molecular weight excluding hydrogens is 376 g/mol. The Morgan fingerprint density at radius 2 is 0.968 bits per heavy atom. The molecule has 0 atom stereocenters. The van der Waals surface area contributed by atoms with Gasteiger partial charge in [0, 0.05) is 11.1 Å². The number of phenolic OH excluding ortho intramolecular Hbond substituents is 1. The molecule has 0 bridgehead atoms. The lowest BCUT2D eigenvalue weighted by Gasteiger charge is -2.23. The Kier molecular flexibility index (Phi) is 5.45. The fourth-order valence-electron chi connectivity index (χ4n) is 5.14. The molecule has 31 heavy (non-hydrogen) atoms. The molecule has 0 amide bonds. The number of hydrogen-bond acceptors (Lipinski definition) is 1. The van der Waals surface area contributed by atoms with E-state index < -0.39 is 0 Å². The number of benzene rings is 4. The molecule has 1 N–H and O–H groups in total. The molecule has 0 fully saturated rings. The average Bonchev–Trinajstić information content (AvgIpc) is 2.68. The summed E-state index contributed by atoms with van der Waals surface area (Å²) in [4.78, 5) is 0. The number of aromatic hydroxyl groups is 1. The molecule has 0 saturated carbocycles. The molecule has 4 rings (SSSR count). The lowest BCUT2D eigenvalue weighted by atomic mass is 9.81. The monoisotopic (exact) mass is 406 g/mol. The van der Waals surface area contributed by atoms with Gasteiger partial charge in [0.2, 0.25) is 0 Å². The van der Waals surface area contributed by atoms with Crippen molar-refractivity contribution in [2.75, 3.05) is 0 Å². The summed E-state index contributed by atoms with van der Waals surface area (Å²) in [6.45, 7) is 13.0. The minimum Gasteiger partial charge on any atom is -0.507 e. The van der Waals surface area contributed by atoms with Crippen molar-refractivity contribution in [1.29, 1.82) is 0 Å². The topological polar surface area (TPSA) is 20.2 Å². The van der Waals surface area contributed by atoms with Crippen molar-refractivity contribution in [2.24, 2.45) is 0 Å². The van der Waals surface area contributed by atoms with E-state index in [-0.39, 0.29) is 0 Å². The summed E-state index contributed by atoms with van der Waals surface area (Å²) in [5.41, 5.74) is 14.1. The van der Waals surface area contributed by atoms with E-state index >= 15 is 0 Å². The summed E-state index contributed by atoms with van der Waals surface area (Å²) in [5.74, 6) is 0.312. The summed E-state index contributed by atoms with van der Waals surface area (Å²) in [5, 5.41) is 11.1.